The minimum Gasteiger partial charge on any atom is -0.494 e. The van der Waals surface area contributed by atoms with Gasteiger partial charge in [-0.2, -0.15) is 0 Å². The summed E-state index contributed by atoms with van der Waals surface area (Å²) in [4.78, 5) is 13.8. The van der Waals surface area contributed by atoms with Gasteiger partial charge in [0.1, 0.15) is 0 Å². The fourth-order valence-corrected chi connectivity index (χ4v) is 2.65. The summed E-state index contributed by atoms with van der Waals surface area (Å²) < 4.78 is 18.5. The molecule has 1 heterocycles. The molecule has 1 amide bonds. The van der Waals surface area contributed by atoms with Gasteiger partial charge >= 0.3 is 0 Å². The van der Waals surface area contributed by atoms with E-state index < -0.39 is 5.82 Å². The van der Waals surface area contributed by atoms with Crippen LogP contribution in [0.3, 0.4) is 0 Å². The van der Waals surface area contributed by atoms with Crippen LogP contribution >= 0.6 is 0 Å². The van der Waals surface area contributed by atoms with E-state index in [1.165, 1.54) is 13.2 Å². The van der Waals surface area contributed by atoms with E-state index in [9.17, 15) is 9.18 Å². The summed E-state index contributed by atoms with van der Waals surface area (Å²) in [6.07, 6.45) is 2.63. The van der Waals surface area contributed by atoms with Crippen LogP contribution in [0.2, 0.25) is 0 Å². The Labute approximate surface area is 125 Å². The first kappa shape index (κ1) is 15.8. The normalized spacial score (nSPS) is 17.8. The summed E-state index contributed by atoms with van der Waals surface area (Å²) in [5, 5.41) is 3.30. The lowest BCUT2D eigenvalue weighted by atomic mass is 10.0. The van der Waals surface area contributed by atoms with E-state index in [1.807, 2.05) is 0 Å². The number of rotatable bonds is 6. The predicted octanol–water partition coefficient (Wildman–Crippen LogP) is 2.18. The summed E-state index contributed by atoms with van der Waals surface area (Å²) >= 11 is 0. The van der Waals surface area contributed by atoms with Gasteiger partial charge in [0.25, 0.3) is 0 Å². The molecule has 1 N–H and O–H groups in total. The Morgan fingerprint density at radius 3 is 2.95 bits per heavy atom. The van der Waals surface area contributed by atoms with Gasteiger partial charge in [-0.05, 0) is 49.5 Å². The average Bonchev–Trinajstić information content (AvgIpc) is 2.98. The van der Waals surface area contributed by atoms with Crippen LogP contribution in [0.5, 0.6) is 5.75 Å². The van der Waals surface area contributed by atoms with Crippen molar-refractivity contribution in [3.8, 4) is 5.75 Å². The largest absolute Gasteiger partial charge is 0.494 e. The molecule has 1 unspecified atom stereocenters. The number of ether oxygens (including phenoxy) is 1. The maximum absolute atomic E-state index is 13.6. The molecule has 1 fully saturated rings. The van der Waals surface area contributed by atoms with Crippen molar-refractivity contribution in [2.24, 2.45) is 5.92 Å². The number of benzene rings is 1. The quantitative estimate of drug-likeness (QED) is 0.874. The average molecular weight is 294 g/mol. The third-order valence-corrected chi connectivity index (χ3v) is 3.99. The highest BCUT2D eigenvalue weighted by molar-refractivity contribution is 5.75. The number of halogens is 1. The number of hydrogen-bond donors (Lipinski definition) is 1. The van der Waals surface area contributed by atoms with Gasteiger partial charge in [0.05, 0.1) is 7.11 Å². The monoisotopic (exact) mass is 294 g/mol. The zero-order valence-electron chi connectivity index (χ0n) is 12.7. The van der Waals surface area contributed by atoms with Gasteiger partial charge in [-0.3, -0.25) is 4.79 Å². The van der Waals surface area contributed by atoms with Gasteiger partial charge in [-0.15, -0.1) is 0 Å². The van der Waals surface area contributed by atoms with Crippen LogP contribution in [-0.2, 0) is 11.3 Å². The minimum atomic E-state index is -0.395. The summed E-state index contributed by atoms with van der Waals surface area (Å²) in [5.74, 6) is 0.549. The predicted molar refractivity (Wildman–Crippen MR) is 79.6 cm³/mol. The maximum atomic E-state index is 13.6. The highest BCUT2D eigenvalue weighted by Gasteiger charge is 2.17. The van der Waals surface area contributed by atoms with E-state index in [0.717, 1.165) is 31.5 Å². The number of hydrogen-bond acceptors (Lipinski definition) is 3. The van der Waals surface area contributed by atoms with Crippen molar-refractivity contribution in [2.75, 3.05) is 27.2 Å². The maximum Gasteiger partial charge on any atom is 0.222 e. The number of carbonyl (C=O) groups is 1. The molecular formula is C16H23FN2O2. The Morgan fingerprint density at radius 1 is 1.52 bits per heavy atom. The fraction of sp³-hybridized carbons (Fsp3) is 0.562. The molecule has 1 aliphatic rings. The molecular weight excluding hydrogens is 271 g/mol. The van der Waals surface area contributed by atoms with Crippen molar-refractivity contribution in [1.29, 1.82) is 0 Å². The van der Waals surface area contributed by atoms with Crippen molar-refractivity contribution in [1.82, 2.24) is 10.2 Å². The fourth-order valence-electron chi connectivity index (χ4n) is 2.65. The Morgan fingerprint density at radius 2 is 2.33 bits per heavy atom. The van der Waals surface area contributed by atoms with Crippen molar-refractivity contribution in [3.05, 3.63) is 29.6 Å². The molecule has 21 heavy (non-hydrogen) atoms. The Kier molecular flexibility index (Phi) is 5.56. The lowest BCUT2D eigenvalue weighted by Crippen LogP contribution is -2.26. The molecule has 1 saturated heterocycles. The molecule has 0 aromatic heterocycles. The van der Waals surface area contributed by atoms with Gasteiger partial charge in [-0.1, -0.05) is 6.07 Å². The van der Waals surface area contributed by atoms with E-state index in [1.54, 1.807) is 24.1 Å². The highest BCUT2D eigenvalue weighted by atomic mass is 19.1. The molecule has 0 spiro atoms. The molecule has 1 atom stereocenters. The smallest absolute Gasteiger partial charge is 0.222 e. The number of amides is 1. The van der Waals surface area contributed by atoms with Crippen LogP contribution in [0.15, 0.2) is 18.2 Å². The van der Waals surface area contributed by atoms with Crippen LogP contribution < -0.4 is 10.1 Å². The molecule has 1 aliphatic heterocycles. The minimum absolute atomic E-state index is 0.109. The van der Waals surface area contributed by atoms with Crippen LogP contribution in [0.4, 0.5) is 4.39 Å². The number of carbonyl (C=O) groups excluding carboxylic acids is 1. The van der Waals surface area contributed by atoms with Crippen molar-refractivity contribution >= 4 is 5.91 Å². The first-order valence-electron chi connectivity index (χ1n) is 7.37. The molecule has 0 aliphatic carbocycles. The second kappa shape index (κ2) is 7.41. The van der Waals surface area contributed by atoms with Crippen LogP contribution in [-0.4, -0.2) is 38.1 Å². The molecule has 5 heteroatoms. The number of methoxy groups -OCH3 is 1. The summed E-state index contributed by atoms with van der Waals surface area (Å²) in [7, 11) is 3.20. The lowest BCUT2D eigenvalue weighted by Gasteiger charge is -2.18. The number of nitrogens with zero attached hydrogens (tertiary/aromatic N) is 1. The molecule has 116 valence electrons. The zero-order valence-corrected chi connectivity index (χ0v) is 12.7. The van der Waals surface area contributed by atoms with Crippen molar-refractivity contribution in [2.45, 2.75) is 25.8 Å². The molecule has 0 radical (unpaired) electrons. The molecule has 0 bridgehead atoms. The topological polar surface area (TPSA) is 41.6 Å². The molecule has 4 nitrogen and oxygen atoms in total. The number of nitrogens with one attached hydrogen (secondary N) is 1. The second-order valence-corrected chi connectivity index (χ2v) is 5.62. The Balaban J connectivity index is 1.83. The summed E-state index contributed by atoms with van der Waals surface area (Å²) in [5.41, 5.74) is 0.770. The Hall–Kier alpha value is -1.62. The van der Waals surface area contributed by atoms with E-state index in [0.29, 0.717) is 18.9 Å². The van der Waals surface area contributed by atoms with Gasteiger partial charge in [-0.25, -0.2) is 4.39 Å². The second-order valence-electron chi connectivity index (χ2n) is 5.62. The van der Waals surface area contributed by atoms with Crippen LogP contribution in [0.25, 0.3) is 0 Å². The van der Waals surface area contributed by atoms with Crippen LogP contribution in [0.1, 0.15) is 24.8 Å². The molecule has 0 saturated carbocycles. The summed E-state index contributed by atoms with van der Waals surface area (Å²) in [6, 6.07) is 4.79. The van der Waals surface area contributed by atoms with Gasteiger partial charge in [0, 0.05) is 20.0 Å². The third-order valence-electron chi connectivity index (χ3n) is 3.99. The van der Waals surface area contributed by atoms with Gasteiger partial charge in [0.15, 0.2) is 11.6 Å². The van der Waals surface area contributed by atoms with Gasteiger partial charge in [0.2, 0.25) is 5.91 Å². The first-order chi connectivity index (χ1) is 10.1. The molecule has 2 rings (SSSR count). The van der Waals surface area contributed by atoms with E-state index >= 15 is 0 Å². The first-order valence-corrected chi connectivity index (χ1v) is 7.37. The van der Waals surface area contributed by atoms with Gasteiger partial charge < -0.3 is 15.0 Å². The molecule has 1 aromatic carbocycles. The summed E-state index contributed by atoms with van der Waals surface area (Å²) in [6.45, 7) is 2.49. The van der Waals surface area contributed by atoms with Crippen LogP contribution in [0, 0.1) is 11.7 Å². The zero-order chi connectivity index (χ0) is 15.2. The highest BCUT2D eigenvalue weighted by Crippen LogP contribution is 2.19. The van der Waals surface area contributed by atoms with E-state index in [4.69, 9.17) is 4.74 Å². The van der Waals surface area contributed by atoms with Crippen molar-refractivity contribution in [3.63, 3.8) is 0 Å². The Bertz CT molecular complexity index is 487. The standard InChI is InChI=1S/C16H23FN2O2/c1-19(16(20)6-4-12-7-8-18-10-12)11-13-3-5-15(21-2)14(17)9-13/h3,5,9,12,18H,4,6-8,10-11H2,1-2H3. The van der Waals surface area contributed by atoms with E-state index in [-0.39, 0.29) is 11.7 Å². The SMILES string of the molecule is COc1ccc(CN(C)C(=O)CCC2CCNC2)cc1F. The lowest BCUT2D eigenvalue weighted by molar-refractivity contribution is -0.130. The molecule has 1 aromatic rings. The van der Waals surface area contributed by atoms with Crippen molar-refractivity contribution < 1.29 is 13.9 Å². The third kappa shape index (κ3) is 4.43. The van der Waals surface area contributed by atoms with E-state index in [2.05, 4.69) is 5.32 Å².